The molecule has 2 N–H and O–H groups in total. The number of carbonyl (C=O) groups is 2. The van der Waals surface area contributed by atoms with Crippen molar-refractivity contribution >= 4 is 11.8 Å². The second kappa shape index (κ2) is 6.14. The molecule has 160 valence electrons. The summed E-state index contributed by atoms with van der Waals surface area (Å²) in [4.78, 5) is 26.0. The van der Waals surface area contributed by atoms with E-state index in [9.17, 15) is 9.59 Å². The van der Waals surface area contributed by atoms with Crippen LogP contribution in [0.5, 0.6) is 0 Å². The first-order valence-corrected chi connectivity index (χ1v) is 12.2. The number of hydrogen-bond acceptors (Lipinski definition) is 3. The molecule has 1 aromatic heterocycles. The van der Waals surface area contributed by atoms with E-state index in [1.807, 2.05) is 19.1 Å². The van der Waals surface area contributed by atoms with E-state index in [0.29, 0.717) is 30.2 Å². The average Bonchev–Trinajstić information content (AvgIpc) is 3.20. The highest BCUT2D eigenvalue weighted by molar-refractivity contribution is 5.84. The van der Waals surface area contributed by atoms with Crippen molar-refractivity contribution < 1.29 is 14.0 Å². The Hall–Kier alpha value is -1.78. The highest BCUT2D eigenvalue weighted by atomic mass is 16.3. The van der Waals surface area contributed by atoms with Crippen LogP contribution in [0.15, 0.2) is 16.5 Å². The van der Waals surface area contributed by atoms with Crippen LogP contribution in [0, 0.1) is 66.1 Å². The number of fused-ring (bicyclic) bond motifs is 10. The van der Waals surface area contributed by atoms with Crippen LogP contribution in [-0.2, 0) is 9.59 Å². The lowest BCUT2D eigenvalue weighted by atomic mass is 10.0. The first-order valence-electron chi connectivity index (χ1n) is 12.2. The van der Waals surface area contributed by atoms with E-state index in [2.05, 4.69) is 10.6 Å². The minimum absolute atomic E-state index is 0.177. The minimum Gasteiger partial charge on any atom is -0.464 e. The Labute approximate surface area is 177 Å². The number of amides is 2. The molecule has 5 heteroatoms. The van der Waals surface area contributed by atoms with Crippen molar-refractivity contribution in [2.45, 2.75) is 51.5 Å². The summed E-state index contributed by atoms with van der Waals surface area (Å²) in [6.07, 6.45) is 7.99. The van der Waals surface area contributed by atoms with Gasteiger partial charge in [0.1, 0.15) is 17.6 Å². The summed E-state index contributed by atoms with van der Waals surface area (Å²) in [5.74, 6) is 8.08. The van der Waals surface area contributed by atoms with E-state index < -0.39 is 0 Å². The maximum atomic E-state index is 13.1. The van der Waals surface area contributed by atoms with Crippen molar-refractivity contribution in [1.29, 1.82) is 0 Å². The predicted octanol–water partition coefficient (Wildman–Crippen LogP) is 3.45. The number of furan rings is 1. The molecule has 30 heavy (non-hydrogen) atoms. The summed E-state index contributed by atoms with van der Waals surface area (Å²) in [5, 5.41) is 6.43. The number of aryl methyl sites for hydroxylation is 1. The van der Waals surface area contributed by atoms with Gasteiger partial charge in [0.15, 0.2) is 0 Å². The molecule has 0 spiro atoms. The van der Waals surface area contributed by atoms with Crippen LogP contribution in [0.3, 0.4) is 0 Å². The van der Waals surface area contributed by atoms with Gasteiger partial charge in [-0.3, -0.25) is 9.59 Å². The number of rotatable bonds is 6. The van der Waals surface area contributed by atoms with Gasteiger partial charge in [0.2, 0.25) is 11.8 Å². The summed E-state index contributed by atoms with van der Waals surface area (Å²) in [7, 11) is 0. The van der Waals surface area contributed by atoms with E-state index in [4.69, 9.17) is 4.42 Å². The average molecular weight is 409 g/mol. The minimum atomic E-state index is -0.274. The molecule has 0 saturated heterocycles. The summed E-state index contributed by atoms with van der Waals surface area (Å²) >= 11 is 0. The van der Waals surface area contributed by atoms with E-state index in [1.54, 1.807) is 0 Å². The van der Waals surface area contributed by atoms with Crippen LogP contribution in [0.25, 0.3) is 0 Å². The van der Waals surface area contributed by atoms with Crippen molar-refractivity contribution in [3.63, 3.8) is 0 Å². The smallest absolute Gasteiger partial charge is 0.224 e. The molecule has 6 aliphatic carbocycles. The van der Waals surface area contributed by atoms with Gasteiger partial charge in [0, 0.05) is 18.4 Å². The zero-order valence-corrected chi connectivity index (χ0v) is 17.7. The maximum Gasteiger partial charge on any atom is 0.224 e. The van der Waals surface area contributed by atoms with Gasteiger partial charge in [0.05, 0.1) is 0 Å². The molecule has 7 rings (SSSR count). The van der Waals surface area contributed by atoms with Crippen molar-refractivity contribution in [3.05, 3.63) is 23.7 Å². The summed E-state index contributed by atoms with van der Waals surface area (Å²) in [6, 6.07) is 3.60. The molecule has 1 heterocycles. The van der Waals surface area contributed by atoms with Crippen LogP contribution in [0.4, 0.5) is 0 Å². The normalized spacial score (nSPS) is 47.0. The van der Waals surface area contributed by atoms with Gasteiger partial charge in [-0.1, -0.05) is 0 Å². The van der Waals surface area contributed by atoms with Gasteiger partial charge < -0.3 is 15.1 Å². The molecular formula is C25H32N2O3. The van der Waals surface area contributed by atoms with Crippen LogP contribution in [0.1, 0.15) is 56.1 Å². The fourth-order valence-corrected chi connectivity index (χ4v) is 8.80. The lowest BCUT2D eigenvalue weighted by Crippen LogP contribution is -2.40. The molecule has 0 aromatic carbocycles. The zero-order chi connectivity index (χ0) is 20.1. The van der Waals surface area contributed by atoms with E-state index in [1.165, 1.54) is 38.5 Å². The van der Waals surface area contributed by atoms with Crippen LogP contribution >= 0.6 is 0 Å². The summed E-state index contributed by atoms with van der Waals surface area (Å²) < 4.78 is 5.86. The van der Waals surface area contributed by atoms with Crippen LogP contribution in [-0.4, -0.2) is 18.4 Å². The van der Waals surface area contributed by atoms with Crippen molar-refractivity contribution in [1.82, 2.24) is 10.6 Å². The first-order chi connectivity index (χ1) is 14.6. The fraction of sp³-hybridized carbons (Fsp3) is 0.760. The molecule has 1 aromatic rings. The molecule has 2 amide bonds. The second-order valence-corrected chi connectivity index (χ2v) is 11.3. The Morgan fingerprint density at radius 3 is 1.93 bits per heavy atom. The van der Waals surface area contributed by atoms with Gasteiger partial charge in [0.25, 0.3) is 0 Å². The van der Waals surface area contributed by atoms with Crippen molar-refractivity contribution in [2.24, 2.45) is 59.2 Å². The quantitative estimate of drug-likeness (QED) is 0.757. The molecule has 1 unspecified atom stereocenters. The fourth-order valence-electron chi connectivity index (χ4n) is 8.80. The van der Waals surface area contributed by atoms with E-state index in [0.717, 1.165) is 35.2 Å². The molecule has 6 saturated carbocycles. The number of hydrogen-bond donors (Lipinski definition) is 2. The van der Waals surface area contributed by atoms with Gasteiger partial charge in [-0.25, -0.2) is 0 Å². The first kappa shape index (κ1) is 17.9. The third kappa shape index (κ3) is 2.47. The van der Waals surface area contributed by atoms with E-state index in [-0.39, 0.29) is 29.7 Å². The maximum absolute atomic E-state index is 13.1. The second-order valence-electron chi connectivity index (χ2n) is 11.3. The van der Waals surface area contributed by atoms with Crippen molar-refractivity contribution in [3.8, 4) is 0 Å². The van der Waals surface area contributed by atoms with Gasteiger partial charge in [-0.05, 0) is 105 Å². The molecule has 4 bridgehead atoms. The Bertz CT molecular complexity index is 876. The molecule has 5 nitrogen and oxygen atoms in total. The third-order valence-corrected chi connectivity index (χ3v) is 9.98. The zero-order valence-electron chi connectivity index (χ0n) is 17.7. The molecule has 6 fully saturated rings. The Morgan fingerprint density at radius 1 is 0.900 bits per heavy atom. The number of carbonyl (C=O) groups excluding carboxylic acids is 2. The molecule has 0 radical (unpaired) electrons. The Balaban J connectivity index is 1.02. The monoisotopic (exact) mass is 408 g/mol. The molecule has 10 atom stereocenters. The molecule has 0 aliphatic heterocycles. The van der Waals surface area contributed by atoms with Gasteiger partial charge in [-0.15, -0.1) is 0 Å². The Kier molecular flexibility index (Phi) is 3.65. The van der Waals surface area contributed by atoms with Gasteiger partial charge in [-0.2, -0.15) is 0 Å². The molecule has 6 aliphatic rings. The summed E-state index contributed by atoms with van der Waals surface area (Å²) in [6.45, 7) is 2.35. The van der Waals surface area contributed by atoms with E-state index >= 15 is 0 Å². The largest absolute Gasteiger partial charge is 0.464 e. The highest BCUT2D eigenvalue weighted by Gasteiger charge is 2.68. The SMILES string of the molecule is Cc1ccc([C@H](CNC(=O)C2[C@@H]3[C@H]4CC[C@@H](C4)[C@H]23)NC(=O)C2[C@@H]3[C@H]4CC[C@@H](C4)[C@@H]23)o1. The third-order valence-electron chi connectivity index (χ3n) is 9.98. The van der Waals surface area contributed by atoms with Crippen LogP contribution < -0.4 is 10.6 Å². The van der Waals surface area contributed by atoms with Crippen molar-refractivity contribution in [2.75, 3.05) is 6.54 Å². The standard InChI is InChI=1S/C25H32N2O3/c1-11-2-7-17(30-11)16(27-25(29)23-20-14-5-6-15(9-14)21(20)23)10-26-24(28)22-18-12-3-4-13(8-12)19(18)22/h2,7,12-16,18-23H,3-6,8-10H2,1H3,(H,26,28)(H,27,29)/t12-,13-,14-,15-,16-,18-,19+,20+,21+,22?/m0/s1. The van der Waals surface area contributed by atoms with Crippen LogP contribution in [0.2, 0.25) is 0 Å². The predicted molar refractivity (Wildman–Crippen MR) is 110 cm³/mol. The Morgan fingerprint density at radius 2 is 1.43 bits per heavy atom. The van der Waals surface area contributed by atoms with Gasteiger partial charge >= 0.3 is 0 Å². The topological polar surface area (TPSA) is 71.3 Å². The lowest BCUT2D eigenvalue weighted by Gasteiger charge is -2.19. The molecular weight excluding hydrogens is 376 g/mol. The summed E-state index contributed by atoms with van der Waals surface area (Å²) in [5.41, 5.74) is 0. The lowest BCUT2D eigenvalue weighted by molar-refractivity contribution is -0.126. The number of nitrogens with one attached hydrogen (secondary N) is 2. The highest BCUT2D eigenvalue weighted by Crippen LogP contribution is 2.70.